The molecule has 2 fully saturated rings. The topological polar surface area (TPSA) is 88.0 Å². The molecule has 0 aromatic carbocycles. The van der Waals surface area contributed by atoms with Crippen molar-refractivity contribution in [3.63, 3.8) is 0 Å². The van der Waals surface area contributed by atoms with Crippen LogP contribution in [0.1, 0.15) is 33.8 Å². The van der Waals surface area contributed by atoms with Gasteiger partial charge in [-0.1, -0.05) is 0 Å². The Labute approximate surface area is 145 Å². The minimum absolute atomic E-state index is 0.126. The lowest BCUT2D eigenvalue weighted by atomic mass is 9.92. The monoisotopic (exact) mass is 347 g/mol. The fourth-order valence-electron chi connectivity index (χ4n) is 3.84. The van der Waals surface area contributed by atoms with Crippen LogP contribution in [0.25, 0.3) is 0 Å². The van der Waals surface area contributed by atoms with Crippen LogP contribution >= 0.6 is 0 Å². The van der Waals surface area contributed by atoms with Crippen LogP contribution < -0.4 is 0 Å². The third kappa shape index (κ3) is 2.54. The standard InChI is InChI=1S/C16H21N5O4/c1-18-6-7-21-12(14(18)23)8-11(17-21)13(22)20-5-3-4-16(10-20)9-19(2)15(24)25-16/h8H,3-7,9-10H2,1-2H3. The predicted molar refractivity (Wildman–Crippen MR) is 86.2 cm³/mol. The van der Waals surface area contributed by atoms with E-state index in [0.29, 0.717) is 38.4 Å². The highest BCUT2D eigenvalue weighted by molar-refractivity contribution is 5.98. The fraction of sp³-hybridized carbons (Fsp3) is 0.625. The third-order valence-corrected chi connectivity index (χ3v) is 5.18. The van der Waals surface area contributed by atoms with Crippen molar-refractivity contribution in [2.24, 2.45) is 0 Å². The second-order valence-electron chi connectivity index (χ2n) is 7.10. The highest BCUT2D eigenvalue weighted by Crippen LogP contribution is 2.32. The lowest BCUT2D eigenvalue weighted by Crippen LogP contribution is -2.52. The molecule has 25 heavy (non-hydrogen) atoms. The summed E-state index contributed by atoms with van der Waals surface area (Å²) in [6.07, 6.45) is 1.16. The molecule has 1 aromatic heterocycles. The molecule has 4 rings (SSSR count). The van der Waals surface area contributed by atoms with Crippen LogP contribution in [0.15, 0.2) is 6.07 Å². The Morgan fingerprint density at radius 1 is 1.16 bits per heavy atom. The van der Waals surface area contributed by atoms with Gasteiger partial charge in [0.05, 0.1) is 19.6 Å². The second-order valence-corrected chi connectivity index (χ2v) is 7.10. The van der Waals surface area contributed by atoms with E-state index in [1.165, 1.54) is 4.90 Å². The molecule has 0 bridgehead atoms. The molecule has 3 amide bonds. The molecule has 1 spiro atoms. The minimum atomic E-state index is -0.630. The van der Waals surface area contributed by atoms with Gasteiger partial charge in [0.1, 0.15) is 11.3 Å². The minimum Gasteiger partial charge on any atom is -0.439 e. The molecule has 9 nitrogen and oxygen atoms in total. The quantitative estimate of drug-likeness (QED) is 0.715. The van der Waals surface area contributed by atoms with Crippen LogP contribution in [-0.4, -0.2) is 88.3 Å². The van der Waals surface area contributed by atoms with E-state index in [9.17, 15) is 14.4 Å². The van der Waals surface area contributed by atoms with E-state index in [1.807, 2.05) is 0 Å². The largest absolute Gasteiger partial charge is 0.439 e. The number of fused-ring (bicyclic) bond motifs is 1. The Morgan fingerprint density at radius 3 is 2.68 bits per heavy atom. The summed E-state index contributed by atoms with van der Waals surface area (Å²) in [5.41, 5.74) is 0.0824. The summed E-state index contributed by atoms with van der Waals surface area (Å²) < 4.78 is 7.13. The van der Waals surface area contributed by atoms with Gasteiger partial charge in [-0.05, 0) is 12.8 Å². The first-order valence-electron chi connectivity index (χ1n) is 8.45. The van der Waals surface area contributed by atoms with Gasteiger partial charge in [0.15, 0.2) is 5.69 Å². The zero-order chi connectivity index (χ0) is 17.8. The molecular formula is C16H21N5O4. The van der Waals surface area contributed by atoms with Crippen molar-refractivity contribution < 1.29 is 19.1 Å². The van der Waals surface area contributed by atoms with Crippen molar-refractivity contribution >= 4 is 17.9 Å². The number of carbonyl (C=O) groups excluding carboxylic acids is 3. The zero-order valence-corrected chi connectivity index (χ0v) is 14.4. The van der Waals surface area contributed by atoms with Crippen molar-refractivity contribution in [3.8, 4) is 0 Å². The molecule has 9 heteroatoms. The fourth-order valence-corrected chi connectivity index (χ4v) is 3.84. The van der Waals surface area contributed by atoms with Gasteiger partial charge in [-0.25, -0.2) is 4.79 Å². The number of hydrogen-bond donors (Lipinski definition) is 0. The molecule has 0 aliphatic carbocycles. The summed E-state index contributed by atoms with van der Waals surface area (Å²) in [5, 5.41) is 4.32. The number of aromatic nitrogens is 2. The molecule has 1 aromatic rings. The Kier molecular flexibility index (Phi) is 3.48. The maximum absolute atomic E-state index is 12.9. The maximum atomic E-state index is 12.9. The summed E-state index contributed by atoms with van der Waals surface area (Å²) in [5.74, 6) is -0.346. The Hall–Kier alpha value is -2.58. The van der Waals surface area contributed by atoms with E-state index in [4.69, 9.17) is 4.74 Å². The van der Waals surface area contributed by atoms with Gasteiger partial charge in [-0.3, -0.25) is 14.3 Å². The van der Waals surface area contributed by atoms with Crippen molar-refractivity contribution in [1.82, 2.24) is 24.5 Å². The molecule has 1 atom stereocenters. The zero-order valence-electron chi connectivity index (χ0n) is 14.4. The number of amides is 3. The second kappa shape index (κ2) is 5.47. The average Bonchev–Trinajstić information content (AvgIpc) is 3.12. The molecule has 4 heterocycles. The van der Waals surface area contributed by atoms with E-state index in [1.54, 1.807) is 34.6 Å². The Balaban J connectivity index is 1.55. The van der Waals surface area contributed by atoms with Gasteiger partial charge in [0, 0.05) is 33.3 Å². The van der Waals surface area contributed by atoms with Crippen LogP contribution in [0.2, 0.25) is 0 Å². The molecule has 0 radical (unpaired) electrons. The summed E-state index contributed by atoms with van der Waals surface area (Å²) in [7, 11) is 3.43. The van der Waals surface area contributed by atoms with Crippen molar-refractivity contribution in [2.75, 3.05) is 40.3 Å². The molecule has 134 valence electrons. The van der Waals surface area contributed by atoms with E-state index in [0.717, 1.165) is 12.8 Å². The van der Waals surface area contributed by atoms with Gasteiger partial charge in [0.2, 0.25) is 0 Å². The van der Waals surface area contributed by atoms with E-state index < -0.39 is 5.60 Å². The van der Waals surface area contributed by atoms with Gasteiger partial charge >= 0.3 is 6.09 Å². The van der Waals surface area contributed by atoms with Crippen LogP contribution in [-0.2, 0) is 11.3 Å². The van der Waals surface area contributed by atoms with E-state index in [-0.39, 0.29) is 23.6 Å². The first-order valence-corrected chi connectivity index (χ1v) is 8.45. The van der Waals surface area contributed by atoms with Crippen molar-refractivity contribution in [3.05, 3.63) is 17.5 Å². The first kappa shape index (κ1) is 15.9. The third-order valence-electron chi connectivity index (χ3n) is 5.18. The average molecular weight is 347 g/mol. The van der Waals surface area contributed by atoms with Crippen molar-refractivity contribution in [1.29, 1.82) is 0 Å². The van der Waals surface area contributed by atoms with Gasteiger partial charge in [-0.2, -0.15) is 5.10 Å². The first-order chi connectivity index (χ1) is 11.9. The molecule has 2 saturated heterocycles. The Bertz CT molecular complexity index is 760. The van der Waals surface area contributed by atoms with Crippen molar-refractivity contribution in [2.45, 2.75) is 25.0 Å². The molecule has 0 saturated carbocycles. The SMILES string of the molecule is CN1CC2(CCCN(C(=O)c3cc4n(n3)CCN(C)C4=O)C2)OC1=O. The molecule has 3 aliphatic heterocycles. The maximum Gasteiger partial charge on any atom is 0.410 e. The molecule has 0 N–H and O–H groups in total. The summed E-state index contributed by atoms with van der Waals surface area (Å²) in [4.78, 5) is 41.6. The molecule has 3 aliphatic rings. The summed E-state index contributed by atoms with van der Waals surface area (Å²) >= 11 is 0. The Morgan fingerprint density at radius 2 is 1.96 bits per heavy atom. The number of rotatable bonds is 1. The van der Waals surface area contributed by atoms with Crippen LogP contribution in [0.3, 0.4) is 0 Å². The predicted octanol–water partition coefficient (Wildman–Crippen LogP) is 0.0255. The number of likely N-dealkylation sites (tertiary alicyclic amines) is 1. The van der Waals surface area contributed by atoms with Crippen LogP contribution in [0.4, 0.5) is 4.79 Å². The smallest absolute Gasteiger partial charge is 0.410 e. The van der Waals surface area contributed by atoms with Crippen LogP contribution in [0, 0.1) is 0 Å². The molecule has 1 unspecified atom stereocenters. The van der Waals surface area contributed by atoms with Gasteiger partial charge < -0.3 is 19.4 Å². The normalized spacial score (nSPS) is 26.2. The number of likely N-dealkylation sites (N-methyl/N-ethyl adjacent to an activating group) is 2. The van der Waals surface area contributed by atoms with E-state index >= 15 is 0 Å². The number of piperidine rings is 1. The number of carbonyl (C=O) groups is 3. The lowest BCUT2D eigenvalue weighted by Gasteiger charge is -2.38. The van der Waals surface area contributed by atoms with Crippen LogP contribution in [0.5, 0.6) is 0 Å². The highest BCUT2D eigenvalue weighted by atomic mass is 16.6. The van der Waals surface area contributed by atoms with E-state index in [2.05, 4.69) is 5.10 Å². The number of nitrogens with zero attached hydrogens (tertiary/aromatic N) is 5. The van der Waals surface area contributed by atoms with Gasteiger partial charge in [-0.15, -0.1) is 0 Å². The lowest BCUT2D eigenvalue weighted by molar-refractivity contribution is -0.00543. The van der Waals surface area contributed by atoms with Gasteiger partial charge in [0.25, 0.3) is 11.8 Å². The highest BCUT2D eigenvalue weighted by Gasteiger charge is 2.47. The molecular weight excluding hydrogens is 326 g/mol. The summed E-state index contributed by atoms with van der Waals surface area (Å²) in [6.45, 7) is 2.60. The number of ether oxygens (including phenoxy) is 1. The number of hydrogen-bond acceptors (Lipinski definition) is 5. The summed E-state index contributed by atoms with van der Waals surface area (Å²) in [6, 6.07) is 1.56.